The predicted octanol–water partition coefficient (Wildman–Crippen LogP) is 3.65. The lowest BCUT2D eigenvalue weighted by Gasteiger charge is -2.27. The first kappa shape index (κ1) is 18.1. The van der Waals surface area contributed by atoms with E-state index in [4.69, 9.17) is 16.3 Å². The van der Waals surface area contributed by atoms with Gasteiger partial charge in [0.2, 0.25) is 11.9 Å². The van der Waals surface area contributed by atoms with Crippen LogP contribution in [0.4, 0.5) is 11.6 Å². The summed E-state index contributed by atoms with van der Waals surface area (Å²) in [6, 6.07) is 16.2. The number of anilines is 2. The number of rotatable bonds is 3. The molecule has 3 aromatic rings. The predicted molar refractivity (Wildman–Crippen MR) is 110 cm³/mol. The topological polar surface area (TPSA) is 80.5 Å². The molecule has 0 saturated heterocycles. The zero-order valence-corrected chi connectivity index (χ0v) is 16.1. The summed E-state index contributed by atoms with van der Waals surface area (Å²) in [4.78, 5) is 21.8. The van der Waals surface area contributed by atoms with E-state index in [2.05, 4.69) is 20.6 Å². The van der Waals surface area contributed by atoms with Crippen molar-refractivity contribution in [2.75, 3.05) is 17.7 Å². The van der Waals surface area contributed by atoms with Gasteiger partial charge in [0.25, 0.3) is 5.56 Å². The van der Waals surface area contributed by atoms with Crippen molar-refractivity contribution in [3.63, 3.8) is 0 Å². The summed E-state index contributed by atoms with van der Waals surface area (Å²) in [5.74, 6) is 1.63. The van der Waals surface area contributed by atoms with Crippen LogP contribution in [0.15, 0.2) is 64.4 Å². The lowest BCUT2D eigenvalue weighted by Crippen LogP contribution is -2.37. The van der Waals surface area contributed by atoms with Gasteiger partial charge in [-0.05, 0) is 37.3 Å². The van der Waals surface area contributed by atoms with E-state index in [1.165, 1.54) is 10.6 Å². The van der Waals surface area contributed by atoms with E-state index in [0.29, 0.717) is 28.2 Å². The molecule has 1 atom stereocenters. The maximum absolute atomic E-state index is 12.7. The van der Waals surface area contributed by atoms with Crippen LogP contribution in [-0.4, -0.2) is 22.6 Å². The first-order valence-electron chi connectivity index (χ1n) is 8.65. The Hall–Kier alpha value is -3.32. The number of nitrogens with zero attached hydrogens (tertiary/aromatic N) is 3. The fraction of sp³-hybridized carbons (Fsp3) is 0.150. The molecule has 28 heavy (non-hydrogen) atoms. The van der Waals surface area contributed by atoms with E-state index in [0.717, 1.165) is 11.4 Å². The minimum Gasteiger partial charge on any atom is -0.497 e. The van der Waals surface area contributed by atoms with Crippen molar-refractivity contribution < 1.29 is 4.74 Å². The van der Waals surface area contributed by atoms with Gasteiger partial charge in [-0.15, -0.1) is 0 Å². The van der Waals surface area contributed by atoms with E-state index in [9.17, 15) is 4.79 Å². The number of nitrogens with one attached hydrogen (secondary N) is 2. The summed E-state index contributed by atoms with van der Waals surface area (Å²) >= 11 is 6.39. The van der Waals surface area contributed by atoms with Crippen molar-refractivity contribution in [1.82, 2.24) is 9.55 Å². The number of aromatic nitrogens is 2. The monoisotopic (exact) mass is 395 g/mol. The molecule has 2 N–H and O–H groups in total. The Morgan fingerprint density at radius 3 is 2.64 bits per heavy atom. The van der Waals surface area contributed by atoms with Gasteiger partial charge in [0.05, 0.1) is 7.11 Å². The van der Waals surface area contributed by atoms with Gasteiger partial charge in [0.1, 0.15) is 5.75 Å². The second-order valence-electron chi connectivity index (χ2n) is 6.28. The molecule has 1 aromatic heterocycles. The largest absolute Gasteiger partial charge is 0.497 e. The number of halogens is 1. The van der Waals surface area contributed by atoms with Crippen LogP contribution in [0.1, 0.15) is 17.4 Å². The van der Waals surface area contributed by atoms with Crippen LogP contribution in [0.2, 0.25) is 5.02 Å². The number of hydrogen-bond donors (Lipinski definition) is 2. The van der Waals surface area contributed by atoms with Crippen LogP contribution in [0.3, 0.4) is 0 Å². The first-order chi connectivity index (χ1) is 13.5. The highest BCUT2D eigenvalue weighted by molar-refractivity contribution is 6.31. The average Bonchev–Trinajstić information content (AvgIpc) is 2.68. The zero-order chi connectivity index (χ0) is 19.7. The van der Waals surface area contributed by atoms with Crippen molar-refractivity contribution in [2.45, 2.75) is 13.1 Å². The Morgan fingerprint density at radius 1 is 1.18 bits per heavy atom. The standard InChI is InChI=1S/C20H18ClN5O2/c1-12-11-17(27)26-18(15-5-3-4-6-16(15)21)24-19(25-20(26)22-12)23-13-7-9-14(28-2)10-8-13/h3-11,18H,1-2H3,(H2,22,23,24,25). The van der Waals surface area contributed by atoms with Gasteiger partial charge in [0.15, 0.2) is 6.17 Å². The van der Waals surface area contributed by atoms with Gasteiger partial charge < -0.3 is 10.1 Å². The number of aliphatic imine (C=N–C) groups is 1. The minimum absolute atomic E-state index is 0.202. The number of benzene rings is 2. The maximum Gasteiger partial charge on any atom is 0.257 e. The summed E-state index contributed by atoms with van der Waals surface area (Å²) in [7, 11) is 1.62. The quantitative estimate of drug-likeness (QED) is 0.707. The first-order valence-corrected chi connectivity index (χ1v) is 9.03. The van der Waals surface area contributed by atoms with Crippen molar-refractivity contribution in [2.24, 2.45) is 4.99 Å². The Balaban J connectivity index is 1.78. The molecule has 0 amide bonds. The summed E-state index contributed by atoms with van der Waals surface area (Å²) < 4.78 is 6.68. The zero-order valence-electron chi connectivity index (χ0n) is 15.3. The maximum atomic E-state index is 12.7. The van der Waals surface area contributed by atoms with Gasteiger partial charge in [-0.2, -0.15) is 0 Å². The smallest absolute Gasteiger partial charge is 0.257 e. The molecule has 8 heteroatoms. The summed E-state index contributed by atoms with van der Waals surface area (Å²) in [6.45, 7) is 1.77. The average molecular weight is 396 g/mol. The molecular formula is C20H18ClN5O2. The van der Waals surface area contributed by atoms with Crippen LogP contribution in [0.25, 0.3) is 0 Å². The van der Waals surface area contributed by atoms with Crippen LogP contribution >= 0.6 is 11.6 Å². The van der Waals surface area contributed by atoms with Crippen LogP contribution in [0, 0.1) is 6.92 Å². The highest BCUT2D eigenvalue weighted by Gasteiger charge is 2.26. The van der Waals surface area contributed by atoms with Crippen LogP contribution in [-0.2, 0) is 0 Å². The van der Waals surface area contributed by atoms with Gasteiger partial charge >= 0.3 is 0 Å². The van der Waals surface area contributed by atoms with E-state index >= 15 is 0 Å². The molecule has 0 saturated carbocycles. The molecule has 1 aliphatic heterocycles. The van der Waals surface area contributed by atoms with Crippen molar-refractivity contribution in [1.29, 1.82) is 0 Å². The fourth-order valence-corrected chi connectivity index (χ4v) is 3.25. The van der Waals surface area contributed by atoms with E-state index in [-0.39, 0.29) is 5.56 Å². The van der Waals surface area contributed by atoms with E-state index < -0.39 is 6.17 Å². The molecule has 0 aliphatic carbocycles. The molecule has 1 aliphatic rings. The third-order valence-corrected chi connectivity index (χ3v) is 4.69. The molecule has 0 bridgehead atoms. The van der Waals surface area contributed by atoms with Gasteiger partial charge in [-0.1, -0.05) is 29.8 Å². The Bertz CT molecular complexity index is 1110. The summed E-state index contributed by atoms with van der Waals surface area (Å²) in [5.41, 5.74) is 1.95. The molecule has 2 aromatic carbocycles. The summed E-state index contributed by atoms with van der Waals surface area (Å²) in [5, 5.41) is 6.84. The van der Waals surface area contributed by atoms with Crippen molar-refractivity contribution >= 4 is 29.2 Å². The Morgan fingerprint density at radius 2 is 1.93 bits per heavy atom. The third-order valence-electron chi connectivity index (χ3n) is 4.34. The van der Waals surface area contributed by atoms with Crippen LogP contribution < -0.4 is 20.9 Å². The van der Waals surface area contributed by atoms with Crippen molar-refractivity contribution in [3.8, 4) is 5.75 Å². The molecule has 2 heterocycles. The minimum atomic E-state index is -0.633. The molecule has 0 spiro atoms. The highest BCUT2D eigenvalue weighted by Crippen LogP contribution is 2.30. The fourth-order valence-electron chi connectivity index (χ4n) is 3.02. The highest BCUT2D eigenvalue weighted by atomic mass is 35.5. The Kier molecular flexibility index (Phi) is 4.75. The normalized spacial score (nSPS) is 15.2. The second-order valence-corrected chi connectivity index (χ2v) is 6.69. The number of guanidine groups is 1. The molecule has 142 valence electrons. The number of ether oxygens (including phenoxy) is 1. The molecule has 0 radical (unpaired) electrons. The number of methoxy groups -OCH3 is 1. The molecular weight excluding hydrogens is 378 g/mol. The number of fused-ring (bicyclic) bond motifs is 1. The third kappa shape index (κ3) is 3.44. The SMILES string of the molecule is COc1ccc(NC2=NC(c3ccccc3Cl)n3c(nc(C)cc3=O)N2)cc1. The Labute approximate surface area is 166 Å². The molecule has 1 unspecified atom stereocenters. The lowest BCUT2D eigenvalue weighted by atomic mass is 10.1. The van der Waals surface area contributed by atoms with Crippen molar-refractivity contribution in [3.05, 3.63) is 81.2 Å². The van der Waals surface area contributed by atoms with Crippen LogP contribution in [0.5, 0.6) is 5.75 Å². The number of hydrogen-bond acceptors (Lipinski definition) is 6. The summed E-state index contributed by atoms with van der Waals surface area (Å²) in [6.07, 6.45) is -0.633. The second kappa shape index (κ2) is 7.36. The number of aryl methyl sites for hydroxylation is 1. The molecule has 7 nitrogen and oxygen atoms in total. The molecule has 0 fully saturated rings. The van der Waals surface area contributed by atoms with Gasteiger partial charge in [-0.3, -0.25) is 14.7 Å². The van der Waals surface area contributed by atoms with Gasteiger partial charge in [0, 0.05) is 28.0 Å². The lowest BCUT2D eigenvalue weighted by molar-refractivity contribution is 0.415. The molecule has 4 rings (SSSR count). The van der Waals surface area contributed by atoms with E-state index in [1.54, 1.807) is 20.1 Å². The van der Waals surface area contributed by atoms with Gasteiger partial charge in [-0.25, -0.2) is 9.98 Å². The van der Waals surface area contributed by atoms with E-state index in [1.807, 2.05) is 42.5 Å².